The number of aromatic nitrogens is 2. The quantitative estimate of drug-likeness (QED) is 0.668. The lowest BCUT2D eigenvalue weighted by Gasteiger charge is -1.97. The molecule has 0 saturated heterocycles. The molecule has 0 spiro atoms. The molecule has 2 aromatic rings. The Balaban J connectivity index is 2.88. The van der Waals surface area contributed by atoms with Gasteiger partial charge in [-0.2, -0.15) is 0 Å². The lowest BCUT2D eigenvalue weighted by atomic mass is 10.6. The summed E-state index contributed by atoms with van der Waals surface area (Å²) in [5, 5.41) is 0.953. The van der Waals surface area contributed by atoms with Crippen molar-refractivity contribution in [3.8, 4) is 0 Å². The van der Waals surface area contributed by atoms with Gasteiger partial charge in [0.15, 0.2) is 0 Å². The van der Waals surface area contributed by atoms with Gasteiger partial charge in [0.2, 0.25) is 0 Å². The van der Waals surface area contributed by atoms with Crippen LogP contribution in [0.1, 0.15) is 0 Å². The normalized spacial score (nSPS) is 10.9. The average Bonchev–Trinajstić information content (AvgIpc) is 2.29. The summed E-state index contributed by atoms with van der Waals surface area (Å²) in [5.74, 6) is 0. The van der Waals surface area contributed by atoms with E-state index in [-0.39, 0.29) is 0 Å². The predicted molar refractivity (Wildman–Crippen MR) is 52.9 cm³/mol. The monoisotopic (exact) mass is 264 g/mol. The third-order valence-corrected chi connectivity index (χ3v) is 2.37. The molecule has 0 aliphatic rings. The highest BCUT2D eigenvalue weighted by molar-refractivity contribution is 9.10. The second kappa shape index (κ2) is 2.91. The zero-order valence-electron chi connectivity index (χ0n) is 5.76. The molecule has 0 aliphatic carbocycles. The number of hydrogen-bond donors (Lipinski definition) is 0. The van der Waals surface area contributed by atoms with Gasteiger partial charge in [0.1, 0.15) is 16.0 Å². The van der Waals surface area contributed by atoms with Gasteiger partial charge in [0.25, 0.3) is 0 Å². The second-order valence-electron chi connectivity index (χ2n) is 2.29. The zero-order valence-corrected chi connectivity index (χ0v) is 8.86. The smallest absolute Gasteiger partial charge is 0.140 e. The maximum atomic E-state index is 5.89. The molecule has 0 N–H and O–H groups in total. The molecule has 0 aliphatic heterocycles. The van der Waals surface area contributed by atoms with Crippen LogP contribution < -0.4 is 0 Å². The first-order valence-electron chi connectivity index (χ1n) is 3.16. The van der Waals surface area contributed by atoms with Crippen molar-refractivity contribution in [3.63, 3.8) is 0 Å². The molecule has 2 aromatic heterocycles. The van der Waals surface area contributed by atoms with Crippen LogP contribution in [0.2, 0.25) is 10.3 Å². The highest BCUT2D eigenvalue weighted by atomic mass is 79.9. The Morgan fingerprint density at radius 1 is 1.33 bits per heavy atom. The van der Waals surface area contributed by atoms with Gasteiger partial charge in [-0.15, -0.1) is 0 Å². The maximum absolute atomic E-state index is 5.89. The molecule has 0 radical (unpaired) electrons. The Kier molecular flexibility index (Phi) is 2.02. The number of halogens is 3. The molecule has 0 saturated carbocycles. The summed E-state index contributed by atoms with van der Waals surface area (Å²) in [5.41, 5.74) is 0.736. The number of nitrogens with zero attached hydrogens (tertiary/aromatic N) is 2. The molecule has 0 amide bonds. The topological polar surface area (TPSA) is 17.3 Å². The molecule has 0 unspecified atom stereocenters. The Bertz CT molecular complexity index is 438. The lowest BCUT2D eigenvalue weighted by Crippen LogP contribution is -1.87. The Morgan fingerprint density at radius 3 is 2.83 bits per heavy atom. The molecule has 5 heteroatoms. The first-order valence-corrected chi connectivity index (χ1v) is 4.71. The van der Waals surface area contributed by atoms with E-state index in [4.69, 9.17) is 23.2 Å². The molecule has 12 heavy (non-hydrogen) atoms. The van der Waals surface area contributed by atoms with Gasteiger partial charge < -0.3 is 0 Å². The van der Waals surface area contributed by atoms with Gasteiger partial charge in [-0.25, -0.2) is 4.98 Å². The molecule has 2 heterocycles. The minimum Gasteiger partial charge on any atom is -0.291 e. The van der Waals surface area contributed by atoms with E-state index < -0.39 is 0 Å². The fraction of sp³-hybridized carbons (Fsp3) is 0. The van der Waals surface area contributed by atoms with Crippen LogP contribution in [-0.2, 0) is 0 Å². The largest absolute Gasteiger partial charge is 0.291 e. The van der Waals surface area contributed by atoms with Crippen molar-refractivity contribution in [2.75, 3.05) is 0 Å². The van der Waals surface area contributed by atoms with Crippen molar-refractivity contribution in [1.29, 1.82) is 0 Å². The van der Waals surface area contributed by atoms with Crippen LogP contribution in [0.25, 0.3) is 5.65 Å². The fourth-order valence-electron chi connectivity index (χ4n) is 0.986. The van der Waals surface area contributed by atoms with Crippen molar-refractivity contribution in [2.45, 2.75) is 0 Å². The van der Waals surface area contributed by atoms with Crippen molar-refractivity contribution >= 4 is 44.8 Å². The third-order valence-electron chi connectivity index (χ3n) is 1.46. The summed E-state index contributed by atoms with van der Waals surface area (Å²) in [6.45, 7) is 0. The Hall–Kier alpha value is -0.250. The number of rotatable bonds is 0. The van der Waals surface area contributed by atoms with Gasteiger partial charge in [-0.3, -0.25) is 4.40 Å². The minimum atomic E-state index is 0.401. The standard InChI is InChI=1S/C7H3BrCl2N2/c8-4-1-7-11-5(9)2-6(10)12(7)3-4/h1-3H. The summed E-state index contributed by atoms with van der Waals surface area (Å²) < 4.78 is 2.68. The third kappa shape index (κ3) is 1.32. The van der Waals surface area contributed by atoms with Crippen LogP contribution >= 0.6 is 39.1 Å². The van der Waals surface area contributed by atoms with Crippen molar-refractivity contribution in [1.82, 2.24) is 9.38 Å². The molecule has 2 nitrogen and oxygen atoms in total. The summed E-state index contributed by atoms with van der Waals surface area (Å²) in [4.78, 5) is 4.07. The van der Waals surface area contributed by atoms with E-state index in [2.05, 4.69) is 20.9 Å². The van der Waals surface area contributed by atoms with Crippen LogP contribution in [0, 0.1) is 0 Å². The molecule has 0 aromatic carbocycles. The summed E-state index contributed by atoms with van der Waals surface area (Å²) in [6, 6.07) is 3.44. The van der Waals surface area contributed by atoms with Crippen LogP contribution in [0.15, 0.2) is 22.8 Å². The molecular formula is C7H3BrCl2N2. The van der Waals surface area contributed by atoms with Gasteiger partial charge >= 0.3 is 0 Å². The van der Waals surface area contributed by atoms with E-state index >= 15 is 0 Å². The van der Waals surface area contributed by atoms with Crippen molar-refractivity contribution in [2.24, 2.45) is 0 Å². The lowest BCUT2D eigenvalue weighted by molar-refractivity contribution is 1.13. The summed E-state index contributed by atoms with van der Waals surface area (Å²) >= 11 is 14.9. The van der Waals surface area contributed by atoms with Gasteiger partial charge in [0, 0.05) is 16.7 Å². The molecule has 0 fully saturated rings. The van der Waals surface area contributed by atoms with E-state index in [1.807, 2.05) is 12.3 Å². The van der Waals surface area contributed by atoms with Gasteiger partial charge in [-0.05, 0) is 22.0 Å². The molecular weight excluding hydrogens is 263 g/mol. The van der Waals surface area contributed by atoms with E-state index in [9.17, 15) is 0 Å². The highest BCUT2D eigenvalue weighted by Gasteiger charge is 2.03. The molecule has 0 bridgehead atoms. The van der Waals surface area contributed by atoms with Crippen LogP contribution in [0.5, 0.6) is 0 Å². The van der Waals surface area contributed by atoms with Gasteiger partial charge in [0.05, 0.1) is 0 Å². The predicted octanol–water partition coefficient (Wildman–Crippen LogP) is 3.40. The molecule has 2 rings (SSSR count). The van der Waals surface area contributed by atoms with E-state index in [1.54, 1.807) is 10.5 Å². The average molecular weight is 266 g/mol. The Morgan fingerprint density at radius 2 is 2.08 bits per heavy atom. The number of hydrogen-bond acceptors (Lipinski definition) is 1. The van der Waals surface area contributed by atoms with Crippen LogP contribution in [0.3, 0.4) is 0 Å². The van der Waals surface area contributed by atoms with Crippen molar-refractivity contribution in [3.05, 3.63) is 33.1 Å². The first-order chi connectivity index (χ1) is 5.66. The molecule has 62 valence electrons. The molecule has 0 atom stereocenters. The summed E-state index contributed by atoms with van der Waals surface area (Å²) in [7, 11) is 0. The van der Waals surface area contributed by atoms with E-state index in [0.717, 1.165) is 10.1 Å². The number of fused-ring (bicyclic) bond motifs is 1. The zero-order chi connectivity index (χ0) is 8.72. The van der Waals surface area contributed by atoms with Crippen LogP contribution in [-0.4, -0.2) is 9.38 Å². The van der Waals surface area contributed by atoms with Crippen LogP contribution in [0.4, 0.5) is 0 Å². The second-order valence-corrected chi connectivity index (χ2v) is 3.98. The van der Waals surface area contributed by atoms with E-state index in [1.165, 1.54) is 0 Å². The summed E-state index contributed by atoms with van der Waals surface area (Å²) in [6.07, 6.45) is 1.83. The van der Waals surface area contributed by atoms with Crippen molar-refractivity contribution < 1.29 is 0 Å². The van der Waals surface area contributed by atoms with E-state index in [0.29, 0.717) is 10.3 Å². The fourth-order valence-corrected chi connectivity index (χ4v) is 1.88. The minimum absolute atomic E-state index is 0.401. The first kappa shape index (κ1) is 8.35. The highest BCUT2D eigenvalue weighted by Crippen LogP contribution is 2.21. The maximum Gasteiger partial charge on any atom is 0.140 e. The SMILES string of the molecule is Clc1cc(Cl)n2cc(Br)cc2n1. The Labute approximate surface area is 87.2 Å². The van der Waals surface area contributed by atoms with Gasteiger partial charge in [-0.1, -0.05) is 23.2 Å².